The Balaban J connectivity index is 1.20. The van der Waals surface area contributed by atoms with Crippen LogP contribution in [0.3, 0.4) is 0 Å². The van der Waals surface area contributed by atoms with E-state index in [0.717, 1.165) is 55.2 Å². The Hall–Kier alpha value is -2.25. The lowest BCUT2D eigenvalue weighted by molar-refractivity contribution is -0.121. The van der Waals surface area contributed by atoms with Gasteiger partial charge in [0.2, 0.25) is 5.91 Å². The average molecular weight is 426 g/mol. The zero-order valence-electron chi connectivity index (χ0n) is 18.8. The quantitative estimate of drug-likeness (QED) is 0.632. The number of rotatable bonds is 7. The number of likely N-dealkylation sites (tertiary alicyclic amines) is 1. The fourth-order valence-electron chi connectivity index (χ4n) is 4.99. The monoisotopic (exact) mass is 425 g/mol. The molecule has 3 N–H and O–H groups in total. The second kappa shape index (κ2) is 9.49. The SMILES string of the molecule is Cc1cnc2ccnc(NCC(=O)NC3CN([C@H]4CC[C@H](C(O)C(C)C)CC4)C3)c2c1. The maximum absolute atomic E-state index is 12.4. The van der Waals surface area contributed by atoms with Crippen molar-refractivity contribution < 1.29 is 9.90 Å². The van der Waals surface area contributed by atoms with Gasteiger partial charge in [-0.15, -0.1) is 0 Å². The number of nitrogens with one attached hydrogen (secondary N) is 2. The fourth-order valence-corrected chi connectivity index (χ4v) is 4.99. The molecule has 2 aliphatic rings. The predicted octanol–water partition coefficient (Wildman–Crippen LogP) is 2.73. The van der Waals surface area contributed by atoms with E-state index in [0.29, 0.717) is 23.7 Å². The van der Waals surface area contributed by atoms with E-state index < -0.39 is 0 Å². The van der Waals surface area contributed by atoms with Gasteiger partial charge in [0.25, 0.3) is 0 Å². The maximum atomic E-state index is 12.4. The zero-order valence-corrected chi connectivity index (χ0v) is 18.8. The summed E-state index contributed by atoms with van der Waals surface area (Å²) in [7, 11) is 0. The summed E-state index contributed by atoms with van der Waals surface area (Å²) in [5, 5.41) is 17.5. The Labute approximate surface area is 184 Å². The number of carbonyl (C=O) groups excluding carboxylic acids is 1. The minimum atomic E-state index is -0.173. The lowest BCUT2D eigenvalue weighted by Crippen LogP contribution is -2.63. The highest BCUT2D eigenvalue weighted by atomic mass is 16.3. The number of pyridine rings is 2. The molecule has 0 aromatic carbocycles. The number of hydrogen-bond acceptors (Lipinski definition) is 6. The van der Waals surface area contributed by atoms with E-state index in [2.05, 4.69) is 39.3 Å². The number of aliphatic hydroxyl groups excluding tert-OH is 1. The number of aromatic nitrogens is 2. The van der Waals surface area contributed by atoms with Crippen LogP contribution < -0.4 is 10.6 Å². The minimum absolute atomic E-state index is 0.00664. The molecule has 4 rings (SSSR count). The number of aliphatic hydroxyl groups is 1. The Morgan fingerprint density at radius 2 is 1.97 bits per heavy atom. The largest absolute Gasteiger partial charge is 0.393 e. The lowest BCUT2D eigenvalue weighted by Gasteiger charge is -2.47. The summed E-state index contributed by atoms with van der Waals surface area (Å²) < 4.78 is 0. The number of aryl methyl sites for hydroxylation is 1. The molecular formula is C24H35N5O2. The molecule has 7 nitrogen and oxygen atoms in total. The van der Waals surface area contributed by atoms with Gasteiger partial charge in [0.1, 0.15) is 5.82 Å². The minimum Gasteiger partial charge on any atom is -0.393 e. The van der Waals surface area contributed by atoms with Crippen molar-refractivity contribution in [3.63, 3.8) is 0 Å². The molecule has 1 aliphatic carbocycles. The topological polar surface area (TPSA) is 90.4 Å². The summed E-state index contributed by atoms with van der Waals surface area (Å²) in [6, 6.07) is 4.73. The standard InChI is InChI=1S/C24H35N5O2/c1-15(2)23(31)17-4-6-19(7-5-17)29-13-18(14-29)28-22(30)12-27-24-20-10-16(3)11-26-21(20)8-9-25-24/h8-11,15,17-19,23,31H,4-7,12-14H2,1-3H3,(H,25,27)(H,28,30)/t17-,19-,23?. The van der Waals surface area contributed by atoms with Crippen molar-refractivity contribution in [1.82, 2.24) is 20.2 Å². The van der Waals surface area contributed by atoms with Crippen LogP contribution in [-0.4, -0.2) is 63.7 Å². The Bertz CT molecular complexity index is 904. The van der Waals surface area contributed by atoms with Gasteiger partial charge in [0, 0.05) is 36.9 Å². The van der Waals surface area contributed by atoms with Crippen molar-refractivity contribution in [3.05, 3.63) is 30.1 Å². The van der Waals surface area contributed by atoms with Gasteiger partial charge in [0.15, 0.2) is 0 Å². The molecule has 2 fully saturated rings. The molecule has 0 spiro atoms. The van der Waals surface area contributed by atoms with E-state index in [1.807, 2.05) is 25.3 Å². The van der Waals surface area contributed by atoms with Crippen LogP contribution in [0.25, 0.3) is 10.9 Å². The van der Waals surface area contributed by atoms with Gasteiger partial charge in [0.05, 0.1) is 24.2 Å². The number of fused-ring (bicyclic) bond motifs is 1. The molecule has 1 unspecified atom stereocenters. The van der Waals surface area contributed by atoms with Crippen LogP contribution in [0.2, 0.25) is 0 Å². The third-order valence-electron chi connectivity index (χ3n) is 6.86. The fraction of sp³-hybridized carbons (Fsp3) is 0.625. The Morgan fingerprint density at radius 1 is 1.23 bits per heavy atom. The molecule has 2 aromatic rings. The number of amides is 1. The van der Waals surface area contributed by atoms with Gasteiger partial charge in [-0.25, -0.2) is 4.98 Å². The van der Waals surface area contributed by atoms with E-state index in [1.54, 1.807) is 6.20 Å². The van der Waals surface area contributed by atoms with Crippen LogP contribution in [0.5, 0.6) is 0 Å². The van der Waals surface area contributed by atoms with Gasteiger partial charge in [-0.1, -0.05) is 13.8 Å². The van der Waals surface area contributed by atoms with Crippen LogP contribution in [0, 0.1) is 18.8 Å². The smallest absolute Gasteiger partial charge is 0.239 e. The molecule has 1 atom stereocenters. The van der Waals surface area contributed by atoms with Gasteiger partial charge < -0.3 is 15.7 Å². The molecule has 2 aromatic heterocycles. The zero-order chi connectivity index (χ0) is 22.0. The first-order valence-electron chi connectivity index (χ1n) is 11.6. The third-order valence-corrected chi connectivity index (χ3v) is 6.86. The van der Waals surface area contributed by atoms with Crippen LogP contribution in [0.15, 0.2) is 24.5 Å². The van der Waals surface area contributed by atoms with E-state index in [-0.39, 0.29) is 24.6 Å². The molecule has 1 saturated heterocycles. The van der Waals surface area contributed by atoms with Crippen molar-refractivity contribution in [2.45, 2.75) is 64.6 Å². The van der Waals surface area contributed by atoms with E-state index in [4.69, 9.17) is 0 Å². The molecule has 31 heavy (non-hydrogen) atoms. The summed E-state index contributed by atoms with van der Waals surface area (Å²) in [5.41, 5.74) is 1.93. The molecule has 3 heterocycles. The van der Waals surface area contributed by atoms with Crippen molar-refractivity contribution in [3.8, 4) is 0 Å². The first-order valence-corrected chi connectivity index (χ1v) is 11.6. The molecule has 1 amide bonds. The van der Waals surface area contributed by atoms with Crippen LogP contribution in [0.1, 0.15) is 45.1 Å². The van der Waals surface area contributed by atoms with Crippen molar-refractivity contribution in [1.29, 1.82) is 0 Å². The third kappa shape index (κ3) is 5.15. The van der Waals surface area contributed by atoms with Crippen LogP contribution in [0.4, 0.5) is 5.82 Å². The average Bonchev–Trinajstić information content (AvgIpc) is 2.74. The van der Waals surface area contributed by atoms with E-state index >= 15 is 0 Å². The number of anilines is 1. The van der Waals surface area contributed by atoms with Gasteiger partial charge in [-0.05, 0) is 62.1 Å². The first kappa shape index (κ1) is 22.0. The summed E-state index contributed by atoms with van der Waals surface area (Å²) in [5.74, 6) is 1.47. The number of hydrogen-bond donors (Lipinski definition) is 3. The summed E-state index contributed by atoms with van der Waals surface area (Å²) in [4.78, 5) is 23.7. The molecular weight excluding hydrogens is 390 g/mol. The molecule has 168 valence electrons. The molecule has 0 bridgehead atoms. The van der Waals surface area contributed by atoms with Crippen molar-refractivity contribution in [2.24, 2.45) is 11.8 Å². The highest BCUT2D eigenvalue weighted by Crippen LogP contribution is 2.33. The maximum Gasteiger partial charge on any atom is 0.239 e. The second-order valence-corrected chi connectivity index (χ2v) is 9.61. The molecule has 7 heteroatoms. The van der Waals surface area contributed by atoms with Gasteiger partial charge >= 0.3 is 0 Å². The highest BCUT2D eigenvalue weighted by molar-refractivity contribution is 5.91. The van der Waals surface area contributed by atoms with Gasteiger partial charge in [-0.3, -0.25) is 14.7 Å². The van der Waals surface area contributed by atoms with E-state index in [1.165, 1.54) is 0 Å². The molecule has 1 aliphatic heterocycles. The van der Waals surface area contributed by atoms with Crippen LogP contribution in [-0.2, 0) is 4.79 Å². The lowest BCUT2D eigenvalue weighted by atomic mass is 9.78. The summed E-state index contributed by atoms with van der Waals surface area (Å²) >= 11 is 0. The number of carbonyl (C=O) groups is 1. The Morgan fingerprint density at radius 3 is 2.68 bits per heavy atom. The second-order valence-electron chi connectivity index (χ2n) is 9.61. The molecule has 1 saturated carbocycles. The van der Waals surface area contributed by atoms with Gasteiger partial charge in [-0.2, -0.15) is 0 Å². The summed E-state index contributed by atoms with van der Waals surface area (Å²) in [6.45, 7) is 8.24. The predicted molar refractivity (Wildman–Crippen MR) is 123 cm³/mol. The molecule has 0 radical (unpaired) electrons. The van der Waals surface area contributed by atoms with Crippen molar-refractivity contribution >= 4 is 22.6 Å². The Kier molecular flexibility index (Phi) is 6.72. The van der Waals surface area contributed by atoms with Crippen molar-refractivity contribution in [2.75, 3.05) is 25.0 Å². The summed E-state index contributed by atoms with van der Waals surface area (Å²) in [6.07, 6.45) is 7.88. The van der Waals surface area contributed by atoms with E-state index in [9.17, 15) is 9.90 Å². The highest BCUT2D eigenvalue weighted by Gasteiger charge is 2.36. The van der Waals surface area contributed by atoms with Crippen LogP contribution >= 0.6 is 0 Å². The first-order chi connectivity index (χ1) is 14.9. The number of nitrogens with zero attached hydrogens (tertiary/aromatic N) is 3. The normalized spacial score (nSPS) is 23.5.